The highest BCUT2D eigenvalue weighted by atomic mass is 16.7. The van der Waals surface area contributed by atoms with Crippen molar-refractivity contribution in [2.24, 2.45) is 0 Å². The maximum atomic E-state index is 9.21. The molecule has 1 aromatic rings. The lowest BCUT2D eigenvalue weighted by atomic mass is 9.91. The molecular weight excluding hydrogens is 236 g/mol. The summed E-state index contributed by atoms with van der Waals surface area (Å²) in [6, 6.07) is 10.6. The van der Waals surface area contributed by atoms with E-state index in [1.54, 1.807) is 13.8 Å². The van der Waals surface area contributed by atoms with Crippen LogP contribution in [0, 0.1) is 11.3 Å². The van der Waals surface area contributed by atoms with Crippen molar-refractivity contribution >= 4 is 0 Å². The van der Waals surface area contributed by atoms with Crippen LogP contribution in [0.4, 0.5) is 0 Å². The quantitative estimate of drug-likeness (QED) is 0.811. The van der Waals surface area contributed by atoms with Gasteiger partial charge in [-0.2, -0.15) is 10.3 Å². The third kappa shape index (κ3) is 2.05. The third-order valence-corrected chi connectivity index (χ3v) is 3.85. The van der Waals surface area contributed by atoms with Crippen LogP contribution >= 0.6 is 0 Å². The van der Waals surface area contributed by atoms with Gasteiger partial charge in [-0.25, -0.2) is 0 Å². The van der Waals surface area contributed by atoms with Crippen molar-refractivity contribution in [2.75, 3.05) is 0 Å². The van der Waals surface area contributed by atoms with Crippen molar-refractivity contribution in [2.45, 2.75) is 58.2 Å². The largest absolute Gasteiger partial charge is 0.276 e. The number of rotatable bonds is 2. The topological polar surface area (TPSA) is 36.3 Å². The SMILES string of the molecule is CC(C)(C#N)ON1C(C)(C)c2ccccc2C1(C)C. The summed E-state index contributed by atoms with van der Waals surface area (Å²) in [5.74, 6) is 0. The first kappa shape index (κ1) is 14.0. The molecule has 102 valence electrons. The van der Waals surface area contributed by atoms with Crippen LogP contribution in [0.25, 0.3) is 0 Å². The molecular formula is C16H22N2O. The molecule has 0 spiro atoms. The van der Waals surface area contributed by atoms with Crippen LogP contribution in [0.15, 0.2) is 24.3 Å². The van der Waals surface area contributed by atoms with E-state index in [0.29, 0.717) is 0 Å². The summed E-state index contributed by atoms with van der Waals surface area (Å²) in [6.07, 6.45) is 0. The molecule has 0 aliphatic carbocycles. The number of hydroxylamine groups is 2. The minimum atomic E-state index is -0.837. The second kappa shape index (κ2) is 4.06. The minimum Gasteiger partial charge on any atom is -0.276 e. The van der Waals surface area contributed by atoms with E-state index in [-0.39, 0.29) is 11.1 Å². The lowest BCUT2D eigenvalue weighted by Gasteiger charge is -2.42. The third-order valence-electron chi connectivity index (χ3n) is 3.85. The Kier molecular flexibility index (Phi) is 3.00. The van der Waals surface area contributed by atoms with E-state index in [4.69, 9.17) is 4.84 Å². The van der Waals surface area contributed by atoms with E-state index >= 15 is 0 Å². The van der Waals surface area contributed by atoms with Gasteiger partial charge < -0.3 is 0 Å². The van der Waals surface area contributed by atoms with Gasteiger partial charge in [0.25, 0.3) is 0 Å². The van der Waals surface area contributed by atoms with E-state index in [1.165, 1.54) is 11.1 Å². The van der Waals surface area contributed by atoms with Crippen LogP contribution in [0.5, 0.6) is 0 Å². The Bertz CT molecular complexity index is 503. The molecule has 0 unspecified atom stereocenters. The number of hydrogen-bond acceptors (Lipinski definition) is 3. The summed E-state index contributed by atoms with van der Waals surface area (Å²) in [6.45, 7) is 12.1. The van der Waals surface area contributed by atoms with Gasteiger partial charge in [0.15, 0.2) is 5.60 Å². The predicted molar refractivity (Wildman–Crippen MR) is 75.1 cm³/mol. The molecule has 0 bridgehead atoms. The second-order valence-corrected chi connectivity index (χ2v) is 6.67. The molecule has 1 heterocycles. The van der Waals surface area contributed by atoms with E-state index in [2.05, 4.69) is 58.0 Å². The molecule has 0 fully saturated rings. The molecule has 1 aliphatic rings. The summed E-state index contributed by atoms with van der Waals surface area (Å²) < 4.78 is 0. The van der Waals surface area contributed by atoms with Crippen LogP contribution in [0.1, 0.15) is 52.7 Å². The van der Waals surface area contributed by atoms with Gasteiger partial charge in [0.05, 0.1) is 17.1 Å². The number of benzene rings is 1. The molecule has 1 aliphatic heterocycles. The van der Waals surface area contributed by atoms with Gasteiger partial charge in [-0.1, -0.05) is 24.3 Å². The normalized spacial score (nSPS) is 20.9. The molecule has 0 amide bonds. The zero-order chi connectivity index (χ0) is 14.5. The molecule has 0 atom stereocenters. The first-order valence-corrected chi connectivity index (χ1v) is 6.63. The van der Waals surface area contributed by atoms with Gasteiger partial charge >= 0.3 is 0 Å². The minimum absolute atomic E-state index is 0.256. The lowest BCUT2D eigenvalue weighted by molar-refractivity contribution is -0.300. The molecule has 0 saturated carbocycles. The fraction of sp³-hybridized carbons (Fsp3) is 0.562. The van der Waals surface area contributed by atoms with Crippen molar-refractivity contribution in [3.8, 4) is 6.07 Å². The molecule has 0 N–H and O–H groups in total. The van der Waals surface area contributed by atoms with E-state index in [0.717, 1.165) is 0 Å². The first-order valence-electron chi connectivity index (χ1n) is 6.63. The average Bonchev–Trinajstić information content (AvgIpc) is 2.49. The molecule has 3 nitrogen and oxygen atoms in total. The Labute approximate surface area is 115 Å². The Balaban J connectivity index is 2.51. The summed E-state index contributed by atoms with van der Waals surface area (Å²) >= 11 is 0. The van der Waals surface area contributed by atoms with Crippen molar-refractivity contribution in [3.63, 3.8) is 0 Å². The Morgan fingerprint density at radius 3 is 1.84 bits per heavy atom. The maximum Gasteiger partial charge on any atom is 0.170 e. The lowest BCUT2D eigenvalue weighted by Crippen LogP contribution is -2.49. The zero-order valence-corrected chi connectivity index (χ0v) is 12.6. The van der Waals surface area contributed by atoms with E-state index < -0.39 is 5.60 Å². The molecule has 0 aromatic heterocycles. The number of hydrogen-bond donors (Lipinski definition) is 0. The van der Waals surface area contributed by atoms with Crippen LogP contribution in [0.3, 0.4) is 0 Å². The first-order chi connectivity index (χ1) is 8.63. The number of fused-ring (bicyclic) bond motifs is 1. The predicted octanol–water partition coefficient (Wildman–Crippen LogP) is 3.71. The Hall–Kier alpha value is -1.37. The zero-order valence-electron chi connectivity index (χ0n) is 12.6. The van der Waals surface area contributed by atoms with Gasteiger partial charge in [0, 0.05) is 0 Å². The highest BCUT2D eigenvalue weighted by Gasteiger charge is 2.51. The summed E-state index contributed by atoms with van der Waals surface area (Å²) in [5, 5.41) is 11.2. The Morgan fingerprint density at radius 2 is 1.47 bits per heavy atom. The molecule has 19 heavy (non-hydrogen) atoms. The van der Waals surface area contributed by atoms with E-state index in [9.17, 15) is 5.26 Å². The molecule has 0 radical (unpaired) electrons. The van der Waals surface area contributed by atoms with Crippen LogP contribution in [-0.2, 0) is 15.9 Å². The van der Waals surface area contributed by atoms with Gasteiger partial charge in [-0.3, -0.25) is 4.84 Å². The van der Waals surface area contributed by atoms with Gasteiger partial charge in [-0.15, -0.1) is 0 Å². The van der Waals surface area contributed by atoms with Crippen LogP contribution < -0.4 is 0 Å². The van der Waals surface area contributed by atoms with Crippen molar-refractivity contribution in [3.05, 3.63) is 35.4 Å². The van der Waals surface area contributed by atoms with Gasteiger partial charge in [-0.05, 0) is 52.7 Å². The molecule has 1 aromatic carbocycles. The molecule has 2 rings (SSSR count). The number of nitrogens with zero attached hydrogens (tertiary/aromatic N) is 2. The monoisotopic (exact) mass is 258 g/mol. The number of nitriles is 1. The highest BCUT2D eigenvalue weighted by Crippen LogP contribution is 2.50. The molecule has 0 saturated heterocycles. The standard InChI is InChI=1S/C16H22N2O/c1-14(2,11-17)19-18-15(3,4)12-9-7-8-10-13(12)16(18,5)6/h7-10H,1-6H3. The van der Waals surface area contributed by atoms with Crippen molar-refractivity contribution in [1.82, 2.24) is 5.06 Å². The van der Waals surface area contributed by atoms with Crippen LogP contribution in [-0.4, -0.2) is 10.7 Å². The van der Waals surface area contributed by atoms with E-state index in [1.807, 2.05) is 5.06 Å². The second-order valence-electron chi connectivity index (χ2n) is 6.67. The van der Waals surface area contributed by atoms with Crippen molar-refractivity contribution < 1.29 is 4.84 Å². The summed E-state index contributed by atoms with van der Waals surface area (Å²) in [7, 11) is 0. The highest BCUT2D eigenvalue weighted by molar-refractivity contribution is 5.42. The maximum absolute atomic E-state index is 9.21. The van der Waals surface area contributed by atoms with Crippen molar-refractivity contribution in [1.29, 1.82) is 5.26 Å². The van der Waals surface area contributed by atoms with Crippen LogP contribution in [0.2, 0.25) is 0 Å². The smallest absolute Gasteiger partial charge is 0.170 e. The van der Waals surface area contributed by atoms with Gasteiger partial charge in [0.1, 0.15) is 0 Å². The Morgan fingerprint density at radius 1 is 1.05 bits per heavy atom. The molecule has 3 heteroatoms. The summed E-state index contributed by atoms with van der Waals surface area (Å²) in [5.41, 5.74) is 1.17. The fourth-order valence-electron chi connectivity index (χ4n) is 2.94. The van der Waals surface area contributed by atoms with Gasteiger partial charge in [0.2, 0.25) is 0 Å². The average molecular weight is 258 g/mol. The summed E-state index contributed by atoms with van der Waals surface area (Å²) in [4.78, 5) is 6.03. The fourth-order valence-corrected chi connectivity index (χ4v) is 2.94.